The van der Waals surface area contributed by atoms with Gasteiger partial charge in [-0.25, -0.2) is 0 Å². The second-order valence-electron chi connectivity index (χ2n) is 7.83. The number of hydrogen-bond acceptors (Lipinski definition) is 7. The molecular weight excluding hydrogens is 344 g/mol. The molecule has 2 aliphatic heterocycles. The summed E-state index contributed by atoms with van der Waals surface area (Å²) in [6.07, 6.45) is 5.92. The van der Waals surface area contributed by atoms with Gasteiger partial charge in [0.15, 0.2) is 0 Å². The lowest BCUT2D eigenvalue weighted by Crippen LogP contribution is -2.44. The van der Waals surface area contributed by atoms with Crippen molar-refractivity contribution < 1.29 is 9.32 Å². The molecule has 3 fully saturated rings. The summed E-state index contributed by atoms with van der Waals surface area (Å²) in [4.78, 5) is 24.2. The Hall–Kier alpha value is -2.32. The molecule has 4 heterocycles. The Bertz CT molecular complexity index is 821. The fraction of sp³-hybridized carbons (Fsp3) is 0.579. The zero-order valence-corrected chi connectivity index (χ0v) is 15.3. The first-order chi connectivity index (χ1) is 13.2. The molecule has 0 bridgehead atoms. The normalized spacial score (nSPS) is 30.8. The van der Waals surface area contributed by atoms with Crippen molar-refractivity contribution in [2.45, 2.75) is 50.7 Å². The lowest BCUT2D eigenvalue weighted by Gasteiger charge is -2.29. The van der Waals surface area contributed by atoms with Gasteiger partial charge < -0.3 is 9.42 Å². The number of likely N-dealkylation sites (tertiary alicyclic amines) is 1. The van der Waals surface area contributed by atoms with Crippen LogP contribution in [0.5, 0.6) is 0 Å². The van der Waals surface area contributed by atoms with Crippen LogP contribution in [0.4, 0.5) is 0 Å². The molecule has 1 aliphatic carbocycles. The van der Waals surface area contributed by atoms with Crippen LogP contribution >= 0.6 is 0 Å². The largest absolute Gasteiger partial charge is 0.337 e. The van der Waals surface area contributed by atoms with Crippen LogP contribution in [-0.4, -0.2) is 44.6 Å². The average molecular weight is 368 g/mol. The molecule has 4 atom stereocenters. The highest BCUT2D eigenvalue weighted by Gasteiger charge is 2.49. The van der Waals surface area contributed by atoms with Crippen molar-refractivity contribution in [1.29, 1.82) is 0 Å². The predicted octanol–water partition coefficient (Wildman–Crippen LogP) is 1.69. The van der Waals surface area contributed by atoms with Gasteiger partial charge in [0, 0.05) is 24.8 Å². The summed E-state index contributed by atoms with van der Waals surface area (Å²) in [6.45, 7) is 2.82. The number of nitrogens with zero attached hydrogens (tertiary/aromatic N) is 4. The number of nitrogens with one attached hydrogen (secondary N) is 2. The van der Waals surface area contributed by atoms with E-state index in [2.05, 4.69) is 32.9 Å². The molecule has 4 unspecified atom stereocenters. The number of hydrogen-bond donors (Lipinski definition) is 2. The van der Waals surface area contributed by atoms with Gasteiger partial charge in [0.1, 0.15) is 11.7 Å². The molecule has 0 aromatic carbocycles. The maximum absolute atomic E-state index is 13.4. The second-order valence-corrected chi connectivity index (χ2v) is 7.83. The molecule has 2 aromatic rings. The summed E-state index contributed by atoms with van der Waals surface area (Å²) in [6, 6.07) is 5.79. The quantitative estimate of drug-likeness (QED) is 0.848. The third-order valence-corrected chi connectivity index (χ3v) is 5.97. The highest BCUT2D eigenvalue weighted by molar-refractivity contribution is 5.81. The van der Waals surface area contributed by atoms with E-state index in [0.717, 1.165) is 19.4 Å². The minimum atomic E-state index is -0.143. The van der Waals surface area contributed by atoms with Gasteiger partial charge in [-0.15, -0.1) is 0 Å². The van der Waals surface area contributed by atoms with Gasteiger partial charge in [0.2, 0.25) is 17.6 Å². The van der Waals surface area contributed by atoms with Crippen LogP contribution in [-0.2, 0) is 4.79 Å². The van der Waals surface area contributed by atoms with Crippen molar-refractivity contribution in [3.05, 3.63) is 30.3 Å². The molecule has 2 saturated heterocycles. The Morgan fingerprint density at radius 3 is 2.93 bits per heavy atom. The van der Waals surface area contributed by atoms with Gasteiger partial charge in [-0.1, -0.05) is 11.2 Å². The molecule has 1 amide bonds. The zero-order valence-electron chi connectivity index (χ0n) is 15.3. The summed E-state index contributed by atoms with van der Waals surface area (Å²) in [5.41, 5.74) is 7.29. The van der Waals surface area contributed by atoms with E-state index >= 15 is 0 Å². The number of aromatic nitrogens is 3. The lowest BCUT2D eigenvalue weighted by molar-refractivity contribution is -0.137. The molecule has 8 heteroatoms. The number of pyridine rings is 1. The van der Waals surface area contributed by atoms with E-state index in [9.17, 15) is 4.79 Å². The molecule has 3 aliphatic rings. The highest BCUT2D eigenvalue weighted by atomic mass is 16.5. The van der Waals surface area contributed by atoms with E-state index in [1.54, 1.807) is 6.20 Å². The Labute approximate surface area is 157 Å². The molecule has 2 N–H and O–H groups in total. The number of amides is 1. The smallest absolute Gasteiger partial charge is 0.249 e. The van der Waals surface area contributed by atoms with E-state index in [4.69, 9.17) is 4.52 Å². The molecular formula is C19H24N6O2. The van der Waals surface area contributed by atoms with E-state index in [1.807, 2.05) is 23.1 Å². The van der Waals surface area contributed by atoms with Gasteiger partial charge in [-0.2, -0.15) is 4.98 Å². The van der Waals surface area contributed by atoms with Crippen LogP contribution in [0.2, 0.25) is 0 Å². The van der Waals surface area contributed by atoms with Crippen molar-refractivity contribution >= 4 is 5.91 Å². The van der Waals surface area contributed by atoms with Gasteiger partial charge in [-0.05, 0) is 50.7 Å². The average Bonchev–Trinajstić information content (AvgIpc) is 3.11. The van der Waals surface area contributed by atoms with E-state index < -0.39 is 0 Å². The highest BCUT2D eigenvalue weighted by Crippen LogP contribution is 2.41. The van der Waals surface area contributed by atoms with Gasteiger partial charge >= 0.3 is 0 Å². The SMILES string of the molecule is CC1NNC(C2CC2)C1C(=O)N1CCCC1c1nc(-c2ccccn2)no1. The fourth-order valence-corrected chi connectivity index (χ4v) is 4.40. The monoisotopic (exact) mass is 368 g/mol. The topological polar surface area (TPSA) is 96.2 Å². The summed E-state index contributed by atoms with van der Waals surface area (Å²) in [7, 11) is 0. The molecule has 5 rings (SSSR count). The molecule has 0 radical (unpaired) electrons. The third kappa shape index (κ3) is 3.02. The van der Waals surface area contributed by atoms with E-state index in [0.29, 0.717) is 23.3 Å². The van der Waals surface area contributed by atoms with Crippen LogP contribution in [0.3, 0.4) is 0 Å². The van der Waals surface area contributed by atoms with Gasteiger partial charge in [-0.3, -0.25) is 20.6 Å². The van der Waals surface area contributed by atoms with E-state index in [1.165, 1.54) is 12.8 Å². The van der Waals surface area contributed by atoms with Crippen LogP contribution in [0.1, 0.15) is 44.5 Å². The summed E-state index contributed by atoms with van der Waals surface area (Å²) in [5, 5.41) is 4.08. The minimum absolute atomic E-state index is 0.0451. The summed E-state index contributed by atoms with van der Waals surface area (Å²) in [5.74, 6) is 1.74. The van der Waals surface area contributed by atoms with Crippen LogP contribution in [0.15, 0.2) is 28.9 Å². The van der Waals surface area contributed by atoms with Gasteiger partial charge in [0.25, 0.3) is 0 Å². The summed E-state index contributed by atoms with van der Waals surface area (Å²) < 4.78 is 5.53. The first-order valence-corrected chi connectivity index (χ1v) is 9.79. The first kappa shape index (κ1) is 16.8. The summed E-state index contributed by atoms with van der Waals surface area (Å²) >= 11 is 0. The van der Waals surface area contributed by atoms with Crippen LogP contribution in [0.25, 0.3) is 11.5 Å². The number of carbonyl (C=O) groups is 1. The standard InChI is InChI=1S/C19H24N6O2/c1-11-15(16(23-22-11)12-7-8-12)19(26)25-10-4-6-14(25)18-21-17(24-27-18)13-5-2-3-9-20-13/h2-3,5,9,11-12,14-16,22-23H,4,6-8,10H2,1H3. The van der Waals surface area contributed by atoms with Crippen LogP contribution in [0, 0.1) is 11.8 Å². The maximum Gasteiger partial charge on any atom is 0.249 e. The Balaban J connectivity index is 1.37. The van der Waals surface area contributed by atoms with Crippen molar-refractivity contribution in [2.75, 3.05) is 6.54 Å². The number of rotatable bonds is 4. The predicted molar refractivity (Wildman–Crippen MR) is 97.0 cm³/mol. The second kappa shape index (κ2) is 6.69. The Morgan fingerprint density at radius 1 is 1.26 bits per heavy atom. The molecule has 8 nitrogen and oxygen atoms in total. The minimum Gasteiger partial charge on any atom is -0.337 e. The fourth-order valence-electron chi connectivity index (χ4n) is 4.40. The number of hydrazine groups is 1. The van der Waals surface area contributed by atoms with Crippen LogP contribution < -0.4 is 10.9 Å². The zero-order chi connectivity index (χ0) is 18.4. The Kier molecular flexibility index (Phi) is 4.17. The molecule has 0 spiro atoms. The van der Waals surface area contributed by atoms with Crippen molar-refractivity contribution in [3.63, 3.8) is 0 Å². The Morgan fingerprint density at radius 2 is 2.15 bits per heavy atom. The van der Waals surface area contributed by atoms with E-state index in [-0.39, 0.29) is 30.0 Å². The van der Waals surface area contributed by atoms with Crippen molar-refractivity contribution in [2.24, 2.45) is 11.8 Å². The molecule has 27 heavy (non-hydrogen) atoms. The van der Waals surface area contributed by atoms with Gasteiger partial charge in [0.05, 0.1) is 5.92 Å². The molecule has 2 aromatic heterocycles. The third-order valence-electron chi connectivity index (χ3n) is 5.97. The van der Waals surface area contributed by atoms with Crippen molar-refractivity contribution in [3.8, 4) is 11.5 Å². The number of carbonyl (C=O) groups excluding carboxylic acids is 1. The molecule has 1 saturated carbocycles. The molecule has 142 valence electrons. The first-order valence-electron chi connectivity index (χ1n) is 9.79. The van der Waals surface area contributed by atoms with Crippen molar-refractivity contribution in [1.82, 2.24) is 30.9 Å². The lowest BCUT2D eigenvalue weighted by atomic mass is 9.90. The maximum atomic E-state index is 13.4.